The van der Waals surface area contributed by atoms with Gasteiger partial charge in [-0.1, -0.05) is 24.3 Å². The number of H-pyrrole nitrogens is 1. The van der Waals surface area contributed by atoms with Gasteiger partial charge in [-0.3, -0.25) is 5.10 Å². The Morgan fingerprint density at radius 3 is 2.73 bits per heavy atom. The quantitative estimate of drug-likeness (QED) is 0.531. The molecule has 0 aliphatic carbocycles. The number of nitrogens with zero attached hydrogens (tertiary/aromatic N) is 4. The minimum absolute atomic E-state index is 0.102. The number of aromatic nitrogens is 4. The number of fused-ring (bicyclic) bond motifs is 1. The summed E-state index contributed by atoms with van der Waals surface area (Å²) < 4.78 is 5.91. The number of carbonyl (C=O) groups is 1. The van der Waals surface area contributed by atoms with E-state index in [1.807, 2.05) is 60.4 Å². The van der Waals surface area contributed by atoms with Crippen molar-refractivity contribution in [3.63, 3.8) is 0 Å². The van der Waals surface area contributed by atoms with Crippen molar-refractivity contribution in [1.82, 2.24) is 25.1 Å². The average Bonchev–Trinajstić information content (AvgIpc) is 3.40. The van der Waals surface area contributed by atoms with Crippen LogP contribution in [0.15, 0.2) is 52.9 Å². The molecule has 0 saturated carbocycles. The minimum atomic E-state index is -0.102. The first kappa shape index (κ1) is 18.4. The zero-order chi connectivity index (χ0) is 20.5. The Kier molecular flexibility index (Phi) is 4.66. The van der Waals surface area contributed by atoms with Gasteiger partial charge in [0.05, 0.1) is 0 Å². The number of aromatic amines is 1. The van der Waals surface area contributed by atoms with E-state index < -0.39 is 0 Å². The number of carbonyl (C=O) groups excluding carboxylic acids is 1. The highest BCUT2D eigenvalue weighted by molar-refractivity contribution is 5.90. The van der Waals surface area contributed by atoms with Crippen LogP contribution < -0.4 is 5.32 Å². The molecule has 0 atom stereocenters. The fourth-order valence-electron chi connectivity index (χ4n) is 3.80. The fraction of sp³-hybridized carbons (Fsp3) is 0.273. The number of aryl methyl sites for hydroxylation is 1. The first-order chi connectivity index (χ1) is 14.7. The van der Waals surface area contributed by atoms with E-state index in [1.165, 1.54) is 0 Å². The van der Waals surface area contributed by atoms with Crippen LogP contribution in [0.5, 0.6) is 0 Å². The van der Waals surface area contributed by atoms with Gasteiger partial charge < -0.3 is 14.6 Å². The number of nitrogens with one attached hydrogen (secondary N) is 2. The molecule has 2 aromatic carbocycles. The lowest BCUT2D eigenvalue weighted by molar-refractivity contribution is 0.190. The van der Waals surface area contributed by atoms with Gasteiger partial charge >= 0.3 is 6.03 Å². The summed E-state index contributed by atoms with van der Waals surface area (Å²) in [5, 5.41) is 10.00. The van der Waals surface area contributed by atoms with Gasteiger partial charge in [-0.2, -0.15) is 5.10 Å². The van der Waals surface area contributed by atoms with Gasteiger partial charge in [-0.25, -0.2) is 14.8 Å². The number of urea groups is 1. The summed E-state index contributed by atoms with van der Waals surface area (Å²) in [6.07, 6.45) is 1.66. The maximum atomic E-state index is 12.7. The lowest BCUT2D eigenvalue weighted by Gasteiger charge is -2.30. The van der Waals surface area contributed by atoms with Crippen LogP contribution >= 0.6 is 0 Å². The largest absolute Gasteiger partial charge is 0.440 e. The molecule has 152 valence electrons. The summed E-state index contributed by atoms with van der Waals surface area (Å²) in [5.41, 5.74) is 3.27. The number of oxazole rings is 1. The first-order valence-corrected chi connectivity index (χ1v) is 10.1. The van der Waals surface area contributed by atoms with Crippen LogP contribution in [-0.4, -0.2) is 44.2 Å². The van der Waals surface area contributed by atoms with Gasteiger partial charge in [0.25, 0.3) is 0 Å². The fourth-order valence-corrected chi connectivity index (χ4v) is 3.80. The lowest BCUT2D eigenvalue weighted by atomic mass is 9.97. The lowest BCUT2D eigenvalue weighted by Crippen LogP contribution is -2.40. The Bertz CT molecular complexity index is 1160. The first-order valence-electron chi connectivity index (χ1n) is 10.1. The number of rotatable bonds is 3. The van der Waals surface area contributed by atoms with Gasteiger partial charge in [0.15, 0.2) is 17.3 Å². The number of hydrogen-bond donors (Lipinski definition) is 2. The van der Waals surface area contributed by atoms with Gasteiger partial charge in [-0.15, -0.1) is 0 Å². The van der Waals surface area contributed by atoms with E-state index in [0.29, 0.717) is 18.9 Å². The van der Waals surface area contributed by atoms with Crippen molar-refractivity contribution < 1.29 is 9.21 Å². The number of piperidine rings is 1. The monoisotopic (exact) mass is 402 g/mol. The summed E-state index contributed by atoms with van der Waals surface area (Å²) in [4.78, 5) is 23.5. The third-order valence-electron chi connectivity index (χ3n) is 5.41. The van der Waals surface area contributed by atoms with E-state index in [0.717, 1.165) is 46.9 Å². The standard InChI is InChI=1S/C22H22N6O2/c1-14-23-20(27-26-14)16-5-4-6-17(13-16)24-22(29)28-11-9-15(10-12-28)21-25-18-7-2-3-8-19(18)30-21/h2-8,13,15H,9-12H2,1H3,(H,24,29)(H,23,26,27). The molecular formula is C22H22N6O2. The third-order valence-corrected chi connectivity index (χ3v) is 5.41. The summed E-state index contributed by atoms with van der Waals surface area (Å²) in [7, 11) is 0. The van der Waals surface area contributed by atoms with Gasteiger partial charge in [0, 0.05) is 30.3 Å². The molecule has 1 fully saturated rings. The summed E-state index contributed by atoms with van der Waals surface area (Å²) in [6.45, 7) is 3.18. The highest BCUT2D eigenvalue weighted by Crippen LogP contribution is 2.30. The number of para-hydroxylation sites is 2. The molecule has 0 bridgehead atoms. The summed E-state index contributed by atoms with van der Waals surface area (Å²) in [5.74, 6) is 2.37. The highest BCUT2D eigenvalue weighted by Gasteiger charge is 2.27. The molecule has 0 unspecified atom stereocenters. The van der Waals surface area contributed by atoms with Crippen molar-refractivity contribution in [3.8, 4) is 11.4 Å². The molecule has 8 heteroatoms. The Morgan fingerprint density at radius 1 is 1.13 bits per heavy atom. The van der Waals surface area contributed by atoms with Gasteiger partial charge in [0.2, 0.25) is 0 Å². The number of benzene rings is 2. The number of anilines is 1. The second-order valence-corrected chi connectivity index (χ2v) is 7.54. The van der Waals surface area contributed by atoms with Crippen LogP contribution in [0.2, 0.25) is 0 Å². The van der Waals surface area contributed by atoms with E-state index >= 15 is 0 Å². The molecule has 5 rings (SSSR count). The van der Waals surface area contributed by atoms with Crippen LogP contribution in [0.25, 0.3) is 22.5 Å². The molecular weight excluding hydrogens is 380 g/mol. The number of hydrogen-bond acceptors (Lipinski definition) is 5. The van der Waals surface area contributed by atoms with Crippen molar-refractivity contribution in [2.75, 3.05) is 18.4 Å². The van der Waals surface area contributed by atoms with Crippen LogP contribution in [0.3, 0.4) is 0 Å². The molecule has 3 heterocycles. The second kappa shape index (κ2) is 7.62. The smallest absolute Gasteiger partial charge is 0.321 e. The van der Waals surface area contributed by atoms with E-state index in [1.54, 1.807) is 0 Å². The summed E-state index contributed by atoms with van der Waals surface area (Å²) >= 11 is 0. The van der Waals surface area contributed by atoms with Gasteiger partial charge in [-0.05, 0) is 44.0 Å². The summed E-state index contributed by atoms with van der Waals surface area (Å²) in [6, 6.07) is 15.2. The van der Waals surface area contributed by atoms with E-state index in [4.69, 9.17) is 4.42 Å². The van der Waals surface area contributed by atoms with E-state index in [-0.39, 0.29) is 11.9 Å². The van der Waals surface area contributed by atoms with Crippen LogP contribution in [-0.2, 0) is 0 Å². The minimum Gasteiger partial charge on any atom is -0.440 e. The maximum absolute atomic E-state index is 12.7. The van der Waals surface area contributed by atoms with Crippen molar-refractivity contribution in [2.24, 2.45) is 0 Å². The molecule has 1 aliphatic heterocycles. The number of amides is 2. The van der Waals surface area contributed by atoms with E-state index in [9.17, 15) is 4.79 Å². The molecule has 2 N–H and O–H groups in total. The molecule has 2 amide bonds. The van der Waals surface area contributed by atoms with Crippen molar-refractivity contribution in [1.29, 1.82) is 0 Å². The second-order valence-electron chi connectivity index (χ2n) is 7.54. The predicted molar refractivity (Wildman–Crippen MR) is 113 cm³/mol. The highest BCUT2D eigenvalue weighted by atomic mass is 16.3. The average molecular weight is 402 g/mol. The molecule has 8 nitrogen and oxygen atoms in total. The van der Waals surface area contributed by atoms with Crippen LogP contribution in [0.4, 0.5) is 10.5 Å². The Balaban J connectivity index is 1.22. The van der Waals surface area contributed by atoms with Crippen LogP contribution in [0.1, 0.15) is 30.5 Å². The van der Waals surface area contributed by atoms with Crippen LogP contribution in [0, 0.1) is 6.92 Å². The topological polar surface area (TPSA) is 99.9 Å². The maximum Gasteiger partial charge on any atom is 0.321 e. The van der Waals surface area contributed by atoms with Gasteiger partial charge in [0.1, 0.15) is 11.3 Å². The van der Waals surface area contributed by atoms with Crippen molar-refractivity contribution in [3.05, 3.63) is 60.2 Å². The Hall–Kier alpha value is -3.68. The predicted octanol–water partition coefficient (Wildman–Crippen LogP) is 4.33. The molecule has 2 aromatic heterocycles. The van der Waals surface area contributed by atoms with Crippen molar-refractivity contribution in [2.45, 2.75) is 25.7 Å². The van der Waals surface area contributed by atoms with Crippen molar-refractivity contribution >= 4 is 22.8 Å². The van der Waals surface area contributed by atoms with E-state index in [2.05, 4.69) is 25.5 Å². The molecule has 30 heavy (non-hydrogen) atoms. The third kappa shape index (κ3) is 3.63. The SMILES string of the molecule is Cc1nc(-c2cccc(NC(=O)N3CCC(c4nc5ccccc5o4)CC3)c2)n[nH]1. The number of likely N-dealkylation sites (tertiary alicyclic amines) is 1. The zero-order valence-corrected chi connectivity index (χ0v) is 16.6. The normalized spacial score (nSPS) is 14.9. The molecule has 4 aromatic rings. The molecule has 1 aliphatic rings. The Morgan fingerprint density at radius 2 is 1.97 bits per heavy atom. The Labute approximate surface area is 173 Å². The zero-order valence-electron chi connectivity index (χ0n) is 16.6. The molecule has 0 spiro atoms. The molecule has 1 saturated heterocycles. The molecule has 0 radical (unpaired) electrons.